The van der Waals surface area contributed by atoms with E-state index in [0.29, 0.717) is 19.5 Å². The van der Waals surface area contributed by atoms with Crippen molar-refractivity contribution in [3.63, 3.8) is 0 Å². The Morgan fingerprint density at radius 2 is 1.75 bits per heavy atom. The quantitative estimate of drug-likeness (QED) is 0.658. The maximum absolute atomic E-state index is 12.7. The molecule has 2 N–H and O–H groups in total. The number of rotatable bonds is 8. The number of benzene rings is 2. The van der Waals surface area contributed by atoms with Gasteiger partial charge in [0.25, 0.3) is 0 Å². The van der Waals surface area contributed by atoms with Gasteiger partial charge in [0.15, 0.2) is 0 Å². The minimum absolute atomic E-state index is 0.0404. The molecule has 7 heteroatoms. The standard InChI is InChI=1S/C21H28N2O4S/c1-5-23(6-2)28(26,27)18-10-11-20(24)19(14-18)22-21(25)12-9-17-8-7-15(3)13-16(17)4/h7-8,10-11,13-14,24H,5-6,9,12H2,1-4H3,(H,22,25). The Morgan fingerprint density at radius 1 is 1.07 bits per heavy atom. The third-order valence-corrected chi connectivity index (χ3v) is 6.75. The van der Waals surface area contributed by atoms with Crippen LogP contribution in [0.3, 0.4) is 0 Å². The molecule has 0 heterocycles. The average Bonchev–Trinajstić information content (AvgIpc) is 2.63. The van der Waals surface area contributed by atoms with Gasteiger partial charge in [0.1, 0.15) is 5.75 Å². The fraction of sp³-hybridized carbons (Fsp3) is 0.381. The maximum Gasteiger partial charge on any atom is 0.243 e. The van der Waals surface area contributed by atoms with Gasteiger partial charge in [0, 0.05) is 19.5 Å². The highest BCUT2D eigenvalue weighted by Crippen LogP contribution is 2.28. The number of carbonyl (C=O) groups is 1. The van der Waals surface area contributed by atoms with Gasteiger partial charge in [0.2, 0.25) is 15.9 Å². The number of nitrogens with zero attached hydrogens (tertiary/aromatic N) is 1. The Balaban J connectivity index is 2.14. The third kappa shape index (κ3) is 5.11. The first-order valence-electron chi connectivity index (χ1n) is 9.38. The number of aryl methyl sites for hydroxylation is 3. The number of anilines is 1. The fourth-order valence-electron chi connectivity index (χ4n) is 3.08. The lowest BCUT2D eigenvalue weighted by molar-refractivity contribution is -0.116. The van der Waals surface area contributed by atoms with Crippen molar-refractivity contribution in [3.8, 4) is 5.75 Å². The summed E-state index contributed by atoms with van der Waals surface area (Å²) in [4.78, 5) is 12.4. The molecule has 0 unspecified atom stereocenters. The van der Waals surface area contributed by atoms with Crippen molar-refractivity contribution in [2.24, 2.45) is 0 Å². The highest BCUT2D eigenvalue weighted by Gasteiger charge is 2.23. The van der Waals surface area contributed by atoms with Gasteiger partial charge >= 0.3 is 0 Å². The summed E-state index contributed by atoms with van der Waals surface area (Å²) in [5, 5.41) is 12.7. The monoisotopic (exact) mass is 404 g/mol. The summed E-state index contributed by atoms with van der Waals surface area (Å²) in [7, 11) is -3.67. The average molecular weight is 405 g/mol. The van der Waals surface area contributed by atoms with Gasteiger partial charge in [-0.3, -0.25) is 4.79 Å². The van der Waals surface area contributed by atoms with E-state index in [4.69, 9.17) is 0 Å². The van der Waals surface area contributed by atoms with Crippen molar-refractivity contribution in [2.45, 2.75) is 45.4 Å². The van der Waals surface area contributed by atoms with Crippen LogP contribution in [0.4, 0.5) is 5.69 Å². The van der Waals surface area contributed by atoms with Crippen LogP contribution >= 0.6 is 0 Å². The molecule has 2 aromatic carbocycles. The molecule has 0 radical (unpaired) electrons. The van der Waals surface area contributed by atoms with Gasteiger partial charge in [-0.2, -0.15) is 4.31 Å². The third-order valence-electron chi connectivity index (χ3n) is 4.70. The lowest BCUT2D eigenvalue weighted by Gasteiger charge is -2.19. The summed E-state index contributed by atoms with van der Waals surface area (Å²) in [5.74, 6) is -0.453. The Hall–Kier alpha value is -2.38. The van der Waals surface area contributed by atoms with E-state index in [1.54, 1.807) is 13.8 Å². The van der Waals surface area contributed by atoms with Gasteiger partial charge in [-0.15, -0.1) is 0 Å². The highest BCUT2D eigenvalue weighted by atomic mass is 32.2. The van der Waals surface area contributed by atoms with E-state index in [0.717, 1.165) is 11.1 Å². The number of sulfonamides is 1. The lowest BCUT2D eigenvalue weighted by Crippen LogP contribution is -2.30. The number of hydrogen-bond donors (Lipinski definition) is 2. The van der Waals surface area contributed by atoms with E-state index >= 15 is 0 Å². The molecule has 0 bridgehead atoms. The lowest BCUT2D eigenvalue weighted by atomic mass is 10.0. The summed E-state index contributed by atoms with van der Waals surface area (Å²) < 4.78 is 26.6. The predicted octanol–water partition coefficient (Wildman–Crippen LogP) is 3.61. The summed E-state index contributed by atoms with van der Waals surface area (Å²) >= 11 is 0. The van der Waals surface area contributed by atoms with Crippen molar-refractivity contribution >= 4 is 21.6 Å². The predicted molar refractivity (Wildman–Crippen MR) is 111 cm³/mol. The van der Waals surface area contributed by atoms with Gasteiger partial charge in [-0.25, -0.2) is 8.42 Å². The van der Waals surface area contributed by atoms with Crippen LogP contribution in [0.25, 0.3) is 0 Å². The number of phenolic OH excluding ortho intramolecular Hbond substituents is 1. The molecular formula is C21H28N2O4S. The minimum Gasteiger partial charge on any atom is -0.506 e. The summed E-state index contributed by atoms with van der Waals surface area (Å²) in [6.45, 7) is 8.24. The number of amides is 1. The first kappa shape index (κ1) is 21.9. The first-order chi connectivity index (χ1) is 13.2. The fourth-order valence-corrected chi connectivity index (χ4v) is 4.56. The van der Waals surface area contributed by atoms with E-state index in [1.165, 1.54) is 28.1 Å². The molecule has 2 aromatic rings. The molecule has 0 saturated heterocycles. The molecule has 1 amide bonds. The molecule has 0 aliphatic rings. The maximum atomic E-state index is 12.7. The topological polar surface area (TPSA) is 86.7 Å². The van der Waals surface area contributed by atoms with Crippen LogP contribution in [0.15, 0.2) is 41.3 Å². The van der Waals surface area contributed by atoms with E-state index in [-0.39, 0.29) is 28.7 Å². The molecule has 0 aromatic heterocycles. The minimum atomic E-state index is -3.67. The second-order valence-electron chi connectivity index (χ2n) is 6.75. The Labute approximate surface area is 167 Å². The van der Waals surface area contributed by atoms with Crippen molar-refractivity contribution in [2.75, 3.05) is 18.4 Å². The molecule has 6 nitrogen and oxygen atoms in total. The van der Waals surface area contributed by atoms with Gasteiger partial charge in [0.05, 0.1) is 10.6 Å². The van der Waals surface area contributed by atoms with Crippen LogP contribution in [0.2, 0.25) is 0 Å². The number of phenols is 1. The van der Waals surface area contributed by atoms with Crippen LogP contribution in [0.5, 0.6) is 5.75 Å². The zero-order valence-corrected chi connectivity index (χ0v) is 17.6. The van der Waals surface area contributed by atoms with Gasteiger partial charge in [-0.05, 0) is 49.6 Å². The Bertz CT molecular complexity index is 951. The van der Waals surface area contributed by atoms with E-state index < -0.39 is 10.0 Å². The van der Waals surface area contributed by atoms with Crippen molar-refractivity contribution in [1.82, 2.24) is 4.31 Å². The second-order valence-corrected chi connectivity index (χ2v) is 8.68. The number of aromatic hydroxyl groups is 1. The zero-order chi connectivity index (χ0) is 20.9. The van der Waals surface area contributed by atoms with Crippen LogP contribution < -0.4 is 5.32 Å². The molecule has 0 spiro atoms. The number of carbonyl (C=O) groups excluding carboxylic acids is 1. The summed E-state index contributed by atoms with van der Waals surface area (Å²) in [6.07, 6.45) is 0.798. The first-order valence-corrected chi connectivity index (χ1v) is 10.8. The van der Waals surface area contributed by atoms with E-state index in [2.05, 4.69) is 11.4 Å². The molecule has 28 heavy (non-hydrogen) atoms. The number of nitrogens with one attached hydrogen (secondary N) is 1. The molecule has 0 fully saturated rings. The number of hydrogen-bond acceptors (Lipinski definition) is 4. The SMILES string of the molecule is CCN(CC)S(=O)(=O)c1ccc(O)c(NC(=O)CCc2ccc(C)cc2C)c1. The normalized spacial score (nSPS) is 11.6. The molecule has 2 rings (SSSR count). The smallest absolute Gasteiger partial charge is 0.243 e. The van der Waals surface area contributed by atoms with Crippen molar-refractivity contribution in [3.05, 3.63) is 53.1 Å². The largest absolute Gasteiger partial charge is 0.506 e. The molecule has 0 saturated carbocycles. The van der Waals surface area contributed by atoms with Gasteiger partial charge in [-0.1, -0.05) is 37.6 Å². The summed E-state index contributed by atoms with van der Waals surface area (Å²) in [5.41, 5.74) is 3.48. The molecule has 0 aliphatic carbocycles. The van der Waals surface area contributed by atoms with Crippen LogP contribution in [-0.2, 0) is 21.2 Å². The highest BCUT2D eigenvalue weighted by molar-refractivity contribution is 7.89. The summed E-state index contributed by atoms with van der Waals surface area (Å²) in [6, 6.07) is 10.0. The molecular weight excluding hydrogens is 376 g/mol. The molecule has 152 valence electrons. The van der Waals surface area contributed by atoms with Crippen molar-refractivity contribution in [1.29, 1.82) is 0 Å². The molecule has 0 atom stereocenters. The van der Waals surface area contributed by atoms with Crippen molar-refractivity contribution < 1.29 is 18.3 Å². The molecule has 0 aliphatic heterocycles. The second kappa shape index (κ2) is 9.21. The van der Waals surface area contributed by atoms with Crippen LogP contribution in [0, 0.1) is 13.8 Å². The zero-order valence-electron chi connectivity index (χ0n) is 16.8. The van der Waals surface area contributed by atoms with E-state index in [1.807, 2.05) is 26.0 Å². The van der Waals surface area contributed by atoms with Crippen LogP contribution in [0.1, 0.15) is 37.0 Å². The van der Waals surface area contributed by atoms with Crippen LogP contribution in [-0.4, -0.2) is 36.8 Å². The van der Waals surface area contributed by atoms with Gasteiger partial charge < -0.3 is 10.4 Å². The van der Waals surface area contributed by atoms with E-state index in [9.17, 15) is 18.3 Å². The Kier molecular flexibility index (Phi) is 7.21. The Morgan fingerprint density at radius 3 is 2.36 bits per heavy atom.